The zero-order chi connectivity index (χ0) is 11.8. The van der Waals surface area contributed by atoms with Crippen molar-refractivity contribution in [3.8, 4) is 0 Å². The summed E-state index contributed by atoms with van der Waals surface area (Å²) in [7, 11) is -3.25. The first-order valence-corrected chi connectivity index (χ1v) is 7.37. The summed E-state index contributed by atoms with van der Waals surface area (Å²) in [6, 6.07) is 3.74. The Hall–Kier alpha value is -0.740. The van der Waals surface area contributed by atoms with E-state index in [0.29, 0.717) is 10.7 Å². The molecule has 5 heteroatoms. The lowest BCUT2D eigenvalue weighted by atomic mass is 10.1. The molecule has 0 unspecified atom stereocenters. The van der Waals surface area contributed by atoms with Crippen LogP contribution in [0.25, 0.3) is 0 Å². The fourth-order valence-corrected chi connectivity index (χ4v) is 2.94. The van der Waals surface area contributed by atoms with Gasteiger partial charge in [0.25, 0.3) is 0 Å². The van der Waals surface area contributed by atoms with Crippen LogP contribution in [0.3, 0.4) is 0 Å². The lowest BCUT2D eigenvalue weighted by molar-refractivity contribution is 0.602. The first-order valence-electron chi connectivity index (χ1n) is 5.34. The minimum atomic E-state index is -3.25. The number of anilines is 1. The highest BCUT2D eigenvalue weighted by atomic mass is 35.5. The molecule has 0 bridgehead atoms. The number of sulfonamides is 1. The SMILES string of the molecule is CCS(=O)(=O)Nc1c(Cl)ccc2c1CCC2. The molecule has 0 saturated carbocycles. The van der Waals surface area contributed by atoms with E-state index in [-0.39, 0.29) is 5.75 Å². The van der Waals surface area contributed by atoms with Crippen molar-refractivity contribution in [2.75, 3.05) is 10.5 Å². The van der Waals surface area contributed by atoms with Crippen LogP contribution in [0.4, 0.5) is 5.69 Å². The standard InChI is InChI=1S/C11H14ClNO2S/c1-2-16(14,15)13-11-9-5-3-4-8(9)6-7-10(11)12/h6-7,13H,2-5H2,1H3. The van der Waals surface area contributed by atoms with Crippen molar-refractivity contribution in [1.29, 1.82) is 0 Å². The molecular formula is C11H14ClNO2S. The maximum atomic E-state index is 11.6. The van der Waals surface area contributed by atoms with Crippen molar-refractivity contribution >= 4 is 27.3 Å². The van der Waals surface area contributed by atoms with Crippen molar-refractivity contribution < 1.29 is 8.42 Å². The van der Waals surface area contributed by atoms with Gasteiger partial charge in [-0.15, -0.1) is 0 Å². The minimum absolute atomic E-state index is 0.0625. The Morgan fingerprint density at radius 1 is 1.38 bits per heavy atom. The van der Waals surface area contributed by atoms with E-state index in [1.54, 1.807) is 13.0 Å². The topological polar surface area (TPSA) is 46.2 Å². The van der Waals surface area contributed by atoms with Gasteiger partial charge in [0.15, 0.2) is 0 Å². The highest BCUT2D eigenvalue weighted by Gasteiger charge is 2.20. The monoisotopic (exact) mass is 259 g/mol. The number of hydrogen-bond acceptors (Lipinski definition) is 2. The van der Waals surface area contributed by atoms with E-state index >= 15 is 0 Å². The third-order valence-corrected chi connectivity index (χ3v) is 4.46. The number of rotatable bonds is 3. The molecule has 0 fully saturated rings. The maximum Gasteiger partial charge on any atom is 0.232 e. The average molecular weight is 260 g/mol. The van der Waals surface area contributed by atoms with Gasteiger partial charge in [-0.05, 0) is 43.4 Å². The van der Waals surface area contributed by atoms with Gasteiger partial charge in [0, 0.05) is 0 Å². The van der Waals surface area contributed by atoms with Gasteiger partial charge in [0.2, 0.25) is 10.0 Å². The Morgan fingerprint density at radius 2 is 2.12 bits per heavy atom. The second-order valence-corrected chi connectivity index (χ2v) is 6.34. The van der Waals surface area contributed by atoms with Crippen molar-refractivity contribution in [1.82, 2.24) is 0 Å². The molecule has 2 rings (SSSR count). The van der Waals surface area contributed by atoms with Gasteiger partial charge < -0.3 is 0 Å². The van der Waals surface area contributed by atoms with Crippen LogP contribution in [-0.4, -0.2) is 14.2 Å². The Labute approximate surface area is 101 Å². The Balaban J connectivity index is 2.45. The summed E-state index contributed by atoms with van der Waals surface area (Å²) in [4.78, 5) is 0. The number of fused-ring (bicyclic) bond motifs is 1. The Kier molecular flexibility index (Phi) is 3.13. The van der Waals surface area contributed by atoms with Crippen LogP contribution >= 0.6 is 11.6 Å². The fourth-order valence-electron chi connectivity index (χ4n) is 1.98. The van der Waals surface area contributed by atoms with Gasteiger partial charge in [0.1, 0.15) is 0 Å². The largest absolute Gasteiger partial charge is 0.282 e. The third-order valence-electron chi connectivity index (χ3n) is 2.87. The summed E-state index contributed by atoms with van der Waals surface area (Å²) < 4.78 is 25.7. The molecule has 0 aromatic heterocycles. The molecule has 16 heavy (non-hydrogen) atoms. The number of hydrogen-bond donors (Lipinski definition) is 1. The molecule has 1 N–H and O–H groups in total. The van der Waals surface area contributed by atoms with E-state index in [1.807, 2.05) is 6.07 Å². The Morgan fingerprint density at radius 3 is 2.81 bits per heavy atom. The smallest absolute Gasteiger partial charge is 0.232 e. The molecular weight excluding hydrogens is 246 g/mol. The highest BCUT2D eigenvalue weighted by Crippen LogP contribution is 2.35. The van der Waals surface area contributed by atoms with Crippen LogP contribution in [0, 0.1) is 0 Å². The fraction of sp³-hybridized carbons (Fsp3) is 0.455. The molecule has 1 aromatic rings. The van der Waals surface area contributed by atoms with E-state index in [0.717, 1.165) is 24.8 Å². The zero-order valence-electron chi connectivity index (χ0n) is 9.09. The van der Waals surface area contributed by atoms with Crippen LogP contribution < -0.4 is 4.72 Å². The number of nitrogens with one attached hydrogen (secondary N) is 1. The van der Waals surface area contributed by atoms with Gasteiger partial charge in [-0.3, -0.25) is 4.72 Å². The number of aryl methyl sites for hydroxylation is 1. The molecule has 0 saturated heterocycles. The molecule has 1 aliphatic carbocycles. The molecule has 0 amide bonds. The molecule has 3 nitrogen and oxygen atoms in total. The molecule has 0 atom stereocenters. The second-order valence-electron chi connectivity index (χ2n) is 3.92. The van der Waals surface area contributed by atoms with Gasteiger partial charge in [-0.1, -0.05) is 17.7 Å². The van der Waals surface area contributed by atoms with Crippen LogP contribution in [0.5, 0.6) is 0 Å². The average Bonchev–Trinajstić information content (AvgIpc) is 2.70. The van der Waals surface area contributed by atoms with E-state index < -0.39 is 10.0 Å². The van der Waals surface area contributed by atoms with Crippen LogP contribution in [0.15, 0.2) is 12.1 Å². The van der Waals surface area contributed by atoms with E-state index in [9.17, 15) is 8.42 Å². The predicted molar refractivity (Wildman–Crippen MR) is 66.6 cm³/mol. The van der Waals surface area contributed by atoms with Crippen molar-refractivity contribution in [3.05, 3.63) is 28.3 Å². The summed E-state index contributed by atoms with van der Waals surface area (Å²) in [5, 5.41) is 0.484. The van der Waals surface area contributed by atoms with Gasteiger partial charge in [-0.25, -0.2) is 8.42 Å². The normalized spacial score (nSPS) is 14.9. The molecule has 0 heterocycles. The number of halogens is 1. The predicted octanol–water partition coefficient (Wildman–Crippen LogP) is 2.59. The summed E-state index contributed by atoms with van der Waals surface area (Å²) in [6.07, 6.45) is 2.97. The maximum absolute atomic E-state index is 11.6. The highest BCUT2D eigenvalue weighted by molar-refractivity contribution is 7.92. The van der Waals surface area contributed by atoms with Crippen molar-refractivity contribution in [2.45, 2.75) is 26.2 Å². The molecule has 0 radical (unpaired) electrons. The molecule has 0 aliphatic heterocycles. The van der Waals surface area contributed by atoms with Crippen molar-refractivity contribution in [3.63, 3.8) is 0 Å². The molecule has 1 aromatic carbocycles. The third kappa shape index (κ3) is 2.18. The van der Waals surface area contributed by atoms with Gasteiger partial charge >= 0.3 is 0 Å². The number of benzene rings is 1. The van der Waals surface area contributed by atoms with E-state index in [1.165, 1.54) is 5.56 Å². The Bertz CT molecular complexity index is 511. The van der Waals surface area contributed by atoms with Gasteiger partial charge in [0.05, 0.1) is 16.5 Å². The minimum Gasteiger partial charge on any atom is -0.282 e. The quantitative estimate of drug-likeness (QED) is 0.907. The molecule has 1 aliphatic rings. The van der Waals surface area contributed by atoms with Gasteiger partial charge in [-0.2, -0.15) is 0 Å². The van der Waals surface area contributed by atoms with Crippen LogP contribution in [0.1, 0.15) is 24.5 Å². The summed E-state index contributed by atoms with van der Waals surface area (Å²) >= 11 is 6.04. The zero-order valence-corrected chi connectivity index (χ0v) is 10.7. The van der Waals surface area contributed by atoms with Crippen LogP contribution in [-0.2, 0) is 22.9 Å². The van der Waals surface area contributed by atoms with E-state index in [2.05, 4.69) is 4.72 Å². The van der Waals surface area contributed by atoms with Crippen LogP contribution in [0.2, 0.25) is 5.02 Å². The van der Waals surface area contributed by atoms with E-state index in [4.69, 9.17) is 11.6 Å². The molecule has 88 valence electrons. The summed E-state index contributed by atoms with van der Waals surface area (Å²) in [6.45, 7) is 1.61. The first-order chi connectivity index (χ1) is 7.53. The first kappa shape index (κ1) is 11.7. The second kappa shape index (κ2) is 4.26. The summed E-state index contributed by atoms with van der Waals surface area (Å²) in [5.41, 5.74) is 2.85. The summed E-state index contributed by atoms with van der Waals surface area (Å²) in [5.74, 6) is 0.0625. The van der Waals surface area contributed by atoms with Crippen molar-refractivity contribution in [2.24, 2.45) is 0 Å². The molecule has 0 spiro atoms. The lowest BCUT2D eigenvalue weighted by Crippen LogP contribution is -2.16. The lowest BCUT2D eigenvalue weighted by Gasteiger charge is -2.12.